The van der Waals surface area contributed by atoms with Crippen LogP contribution in [-0.2, 0) is 9.53 Å². The molecule has 0 aliphatic carbocycles. The zero-order chi connectivity index (χ0) is 18.7. The van der Waals surface area contributed by atoms with E-state index in [1.807, 2.05) is 0 Å². The number of carbonyl (C=O) groups is 3. The van der Waals surface area contributed by atoms with Gasteiger partial charge in [-0.15, -0.1) is 0 Å². The predicted molar refractivity (Wildman–Crippen MR) is 92.9 cm³/mol. The highest BCUT2D eigenvalue weighted by atomic mass is 35.5. The molecule has 0 saturated carbocycles. The number of amides is 1. The lowest BCUT2D eigenvalue weighted by Gasteiger charge is -2.11. The predicted octanol–water partition coefficient (Wildman–Crippen LogP) is 3.07. The van der Waals surface area contributed by atoms with Gasteiger partial charge >= 0.3 is 5.97 Å². The van der Waals surface area contributed by atoms with Gasteiger partial charge in [0.1, 0.15) is 0 Å². The number of ketones is 1. The molecular formula is C18H14ClNO6. The van der Waals surface area contributed by atoms with E-state index < -0.39 is 18.5 Å². The number of carbonyl (C=O) groups excluding carboxylic acids is 3. The molecule has 0 spiro atoms. The number of benzene rings is 2. The molecule has 26 heavy (non-hydrogen) atoms. The van der Waals surface area contributed by atoms with Crippen molar-refractivity contribution in [3.63, 3.8) is 0 Å². The van der Waals surface area contributed by atoms with Gasteiger partial charge in [-0.05, 0) is 31.2 Å². The largest absolute Gasteiger partial charge is 0.454 e. The van der Waals surface area contributed by atoms with Gasteiger partial charge in [0.15, 0.2) is 23.9 Å². The van der Waals surface area contributed by atoms with E-state index >= 15 is 0 Å². The Morgan fingerprint density at radius 2 is 1.88 bits per heavy atom. The van der Waals surface area contributed by atoms with Crippen LogP contribution >= 0.6 is 11.6 Å². The van der Waals surface area contributed by atoms with Crippen LogP contribution in [0.25, 0.3) is 0 Å². The van der Waals surface area contributed by atoms with Crippen LogP contribution in [0.2, 0.25) is 5.02 Å². The van der Waals surface area contributed by atoms with E-state index in [1.54, 1.807) is 12.1 Å². The molecule has 1 N–H and O–H groups in total. The number of hydrogen-bond acceptors (Lipinski definition) is 6. The highest BCUT2D eigenvalue weighted by Crippen LogP contribution is 2.37. The third kappa shape index (κ3) is 3.94. The molecule has 2 aromatic carbocycles. The first-order valence-corrected chi connectivity index (χ1v) is 7.99. The molecule has 8 heteroatoms. The Morgan fingerprint density at radius 3 is 2.58 bits per heavy atom. The van der Waals surface area contributed by atoms with Gasteiger partial charge in [-0.25, -0.2) is 4.79 Å². The maximum atomic E-state index is 12.1. The van der Waals surface area contributed by atoms with Crippen LogP contribution in [0.1, 0.15) is 27.6 Å². The molecule has 0 aromatic heterocycles. The summed E-state index contributed by atoms with van der Waals surface area (Å²) in [5.74, 6) is -0.682. The van der Waals surface area contributed by atoms with Crippen LogP contribution in [0, 0.1) is 0 Å². The van der Waals surface area contributed by atoms with E-state index in [4.69, 9.17) is 25.8 Å². The van der Waals surface area contributed by atoms with Crippen molar-refractivity contribution in [3.05, 3.63) is 52.5 Å². The molecule has 0 fully saturated rings. The fourth-order valence-electron chi connectivity index (χ4n) is 2.35. The Hall–Kier alpha value is -3.06. The molecule has 3 rings (SSSR count). The minimum absolute atomic E-state index is 0.0430. The summed E-state index contributed by atoms with van der Waals surface area (Å²) in [6.45, 7) is 0.894. The Labute approximate surface area is 153 Å². The van der Waals surface area contributed by atoms with Crippen molar-refractivity contribution >= 4 is 34.9 Å². The first-order valence-electron chi connectivity index (χ1n) is 7.61. The summed E-state index contributed by atoms with van der Waals surface area (Å²) in [5, 5.41) is 2.93. The van der Waals surface area contributed by atoms with Gasteiger partial charge in [0.2, 0.25) is 6.79 Å². The summed E-state index contributed by atoms with van der Waals surface area (Å²) in [7, 11) is 0. The number of rotatable bonds is 5. The van der Waals surface area contributed by atoms with Crippen LogP contribution in [-0.4, -0.2) is 31.1 Å². The molecule has 134 valence electrons. The van der Waals surface area contributed by atoms with Gasteiger partial charge in [0.25, 0.3) is 5.91 Å². The van der Waals surface area contributed by atoms with Crippen molar-refractivity contribution in [1.29, 1.82) is 0 Å². The van der Waals surface area contributed by atoms with Crippen LogP contribution in [0.4, 0.5) is 5.69 Å². The molecule has 1 amide bonds. The summed E-state index contributed by atoms with van der Waals surface area (Å²) >= 11 is 5.81. The summed E-state index contributed by atoms with van der Waals surface area (Å²) in [6, 6.07) is 9.18. The van der Waals surface area contributed by atoms with Gasteiger partial charge in [0.05, 0.1) is 11.3 Å². The van der Waals surface area contributed by atoms with Gasteiger partial charge < -0.3 is 19.5 Å². The molecule has 1 aliphatic rings. The fourth-order valence-corrected chi connectivity index (χ4v) is 2.54. The number of anilines is 1. The monoisotopic (exact) mass is 375 g/mol. The molecule has 0 bridgehead atoms. The van der Waals surface area contributed by atoms with E-state index in [2.05, 4.69) is 5.32 Å². The highest BCUT2D eigenvalue weighted by molar-refractivity contribution is 6.30. The number of fused-ring (bicyclic) bond motifs is 1. The number of esters is 1. The Kier molecular flexibility index (Phi) is 5.09. The molecule has 1 aliphatic heterocycles. The minimum atomic E-state index is -0.680. The molecule has 0 radical (unpaired) electrons. The molecule has 2 aromatic rings. The van der Waals surface area contributed by atoms with Crippen LogP contribution in [0.15, 0.2) is 36.4 Å². The normalized spacial score (nSPS) is 11.8. The van der Waals surface area contributed by atoms with Gasteiger partial charge in [-0.3, -0.25) is 9.59 Å². The lowest BCUT2D eigenvalue weighted by atomic mass is 10.1. The zero-order valence-corrected chi connectivity index (χ0v) is 14.5. The Morgan fingerprint density at radius 1 is 1.15 bits per heavy atom. The first kappa shape index (κ1) is 17.8. The lowest BCUT2D eigenvalue weighted by molar-refractivity contribution is -0.119. The molecule has 0 unspecified atom stereocenters. The van der Waals surface area contributed by atoms with E-state index in [0.29, 0.717) is 16.5 Å². The van der Waals surface area contributed by atoms with Crippen LogP contribution < -0.4 is 14.8 Å². The lowest BCUT2D eigenvalue weighted by Crippen LogP contribution is -2.22. The number of Topliss-reactive ketones (excluding diaryl/α,β-unsaturated/α-hetero) is 1. The second-order valence-electron chi connectivity index (χ2n) is 5.44. The smallest absolute Gasteiger partial charge is 0.338 e. The van der Waals surface area contributed by atoms with Gasteiger partial charge in [0, 0.05) is 16.7 Å². The molecule has 7 nitrogen and oxygen atoms in total. The van der Waals surface area contributed by atoms with Crippen LogP contribution in [0.5, 0.6) is 11.5 Å². The zero-order valence-electron chi connectivity index (χ0n) is 13.7. The van der Waals surface area contributed by atoms with Crippen molar-refractivity contribution in [3.8, 4) is 11.5 Å². The van der Waals surface area contributed by atoms with Crippen molar-refractivity contribution in [2.24, 2.45) is 0 Å². The van der Waals surface area contributed by atoms with E-state index in [0.717, 1.165) is 0 Å². The van der Waals surface area contributed by atoms with E-state index in [1.165, 1.54) is 31.2 Å². The minimum Gasteiger partial charge on any atom is -0.454 e. The standard InChI is InChI=1S/C18H14ClNO6/c1-10(21)13-6-15-16(26-9-25-15)7-14(13)20-17(22)8-24-18(23)11-3-2-4-12(19)5-11/h2-7H,8-9H2,1H3,(H,20,22). The quantitative estimate of drug-likeness (QED) is 0.638. The first-order chi connectivity index (χ1) is 12.4. The summed E-state index contributed by atoms with van der Waals surface area (Å²) in [5.41, 5.74) is 0.757. The second-order valence-corrected chi connectivity index (χ2v) is 5.88. The molecular weight excluding hydrogens is 362 g/mol. The Balaban J connectivity index is 1.67. The topological polar surface area (TPSA) is 90.9 Å². The van der Waals surface area contributed by atoms with Gasteiger partial charge in [-0.1, -0.05) is 17.7 Å². The molecule has 0 atom stereocenters. The van der Waals surface area contributed by atoms with E-state index in [-0.39, 0.29) is 29.4 Å². The third-order valence-electron chi connectivity index (χ3n) is 3.56. The summed E-state index contributed by atoms with van der Waals surface area (Å²) < 4.78 is 15.4. The third-order valence-corrected chi connectivity index (χ3v) is 3.80. The Bertz CT molecular complexity index is 895. The number of ether oxygens (including phenoxy) is 3. The molecule has 0 saturated heterocycles. The average Bonchev–Trinajstić information content (AvgIpc) is 3.06. The maximum Gasteiger partial charge on any atom is 0.338 e. The van der Waals surface area contributed by atoms with E-state index in [9.17, 15) is 14.4 Å². The SMILES string of the molecule is CC(=O)c1cc2c(cc1NC(=O)COC(=O)c1cccc(Cl)c1)OCO2. The fraction of sp³-hybridized carbons (Fsp3) is 0.167. The van der Waals surface area contributed by atoms with Crippen molar-refractivity contribution < 1.29 is 28.6 Å². The number of nitrogens with one attached hydrogen (secondary N) is 1. The summed E-state index contributed by atoms with van der Waals surface area (Å²) in [4.78, 5) is 35.8. The maximum absolute atomic E-state index is 12.1. The van der Waals surface area contributed by atoms with Crippen molar-refractivity contribution in [2.75, 3.05) is 18.7 Å². The molecule has 1 heterocycles. The van der Waals surface area contributed by atoms with Crippen LogP contribution in [0.3, 0.4) is 0 Å². The number of halogens is 1. The number of hydrogen-bond donors (Lipinski definition) is 1. The average molecular weight is 376 g/mol. The van der Waals surface area contributed by atoms with Crippen molar-refractivity contribution in [1.82, 2.24) is 0 Å². The summed E-state index contributed by atoms with van der Waals surface area (Å²) in [6.07, 6.45) is 0. The second kappa shape index (κ2) is 7.45. The van der Waals surface area contributed by atoms with Gasteiger partial charge in [-0.2, -0.15) is 0 Å². The highest BCUT2D eigenvalue weighted by Gasteiger charge is 2.21. The van der Waals surface area contributed by atoms with Crippen molar-refractivity contribution in [2.45, 2.75) is 6.92 Å².